The van der Waals surface area contributed by atoms with Crippen LogP contribution in [0.15, 0.2) is 84.9 Å². The Bertz CT molecular complexity index is 1420. The summed E-state index contributed by atoms with van der Waals surface area (Å²) in [4.78, 5) is 36.6. The minimum absolute atomic E-state index is 0.00223. The predicted octanol–water partition coefficient (Wildman–Crippen LogP) is 5.02. The maximum atomic E-state index is 12.4. The topological polar surface area (TPSA) is 105 Å². The number of hydrogen-bond donors (Lipinski definition) is 3. The molecule has 0 aliphatic heterocycles. The Morgan fingerprint density at radius 1 is 0.800 bits per heavy atom. The molecule has 4 aromatic carbocycles. The maximum Gasteiger partial charge on any atom is 0.407 e. The van der Waals surface area contributed by atoms with E-state index in [-0.39, 0.29) is 30.3 Å². The molecule has 0 fully saturated rings. The number of rotatable bonds is 6. The standard InChI is InChI=1S/C28H22N2O5/c31-25(30-24-14-13-17-7-1-2-8-18(17)26(24)27(32)33)15-29-28(34)35-16-23-21-11-5-3-9-19(21)20-10-4-6-12-22(20)23/h1-14,23H,15-16H2,(H,29,34)(H,30,31)(H,32,33). The van der Waals surface area contributed by atoms with E-state index in [2.05, 4.69) is 22.8 Å². The lowest BCUT2D eigenvalue weighted by Gasteiger charge is -2.15. The quantitative estimate of drug-likeness (QED) is 0.370. The van der Waals surface area contributed by atoms with Gasteiger partial charge in [0.2, 0.25) is 5.91 Å². The van der Waals surface area contributed by atoms with Gasteiger partial charge in [-0.05, 0) is 39.1 Å². The highest BCUT2D eigenvalue weighted by Crippen LogP contribution is 2.44. The van der Waals surface area contributed by atoms with Crippen molar-refractivity contribution in [3.05, 3.63) is 102 Å². The smallest absolute Gasteiger partial charge is 0.407 e. The van der Waals surface area contributed by atoms with E-state index in [0.29, 0.717) is 5.39 Å². The van der Waals surface area contributed by atoms with Gasteiger partial charge in [-0.2, -0.15) is 0 Å². The number of carboxylic acid groups (broad SMARTS) is 1. The van der Waals surface area contributed by atoms with Gasteiger partial charge >= 0.3 is 12.1 Å². The molecule has 2 amide bonds. The largest absolute Gasteiger partial charge is 0.478 e. The minimum Gasteiger partial charge on any atom is -0.478 e. The van der Waals surface area contributed by atoms with Gasteiger partial charge in [-0.1, -0.05) is 78.9 Å². The fourth-order valence-corrected chi connectivity index (χ4v) is 4.60. The third kappa shape index (κ3) is 4.31. The first-order valence-electron chi connectivity index (χ1n) is 11.2. The van der Waals surface area contributed by atoms with E-state index in [0.717, 1.165) is 27.6 Å². The van der Waals surface area contributed by atoms with Gasteiger partial charge in [0.25, 0.3) is 0 Å². The van der Waals surface area contributed by atoms with Crippen LogP contribution in [0.4, 0.5) is 10.5 Å². The molecule has 0 bridgehead atoms. The number of carbonyl (C=O) groups excluding carboxylic acids is 2. The first-order chi connectivity index (χ1) is 17.0. The molecule has 0 aromatic heterocycles. The van der Waals surface area contributed by atoms with Crippen molar-refractivity contribution < 1.29 is 24.2 Å². The molecule has 7 nitrogen and oxygen atoms in total. The van der Waals surface area contributed by atoms with Crippen LogP contribution in [0.1, 0.15) is 27.4 Å². The van der Waals surface area contributed by atoms with Crippen molar-refractivity contribution in [2.24, 2.45) is 0 Å². The van der Waals surface area contributed by atoms with Gasteiger partial charge in [-0.3, -0.25) is 4.79 Å². The molecule has 35 heavy (non-hydrogen) atoms. The van der Waals surface area contributed by atoms with Crippen LogP contribution in [0.25, 0.3) is 21.9 Å². The molecule has 1 aliphatic carbocycles. The number of carbonyl (C=O) groups is 3. The van der Waals surface area contributed by atoms with Gasteiger partial charge in [0, 0.05) is 5.92 Å². The number of ether oxygens (including phenoxy) is 1. The van der Waals surface area contributed by atoms with E-state index < -0.39 is 18.0 Å². The summed E-state index contributed by atoms with van der Waals surface area (Å²) in [5, 5.41) is 15.9. The van der Waals surface area contributed by atoms with Gasteiger partial charge in [0.05, 0.1) is 11.3 Å². The molecule has 3 N–H and O–H groups in total. The number of anilines is 1. The lowest BCUT2D eigenvalue weighted by Crippen LogP contribution is -2.34. The van der Waals surface area contributed by atoms with Gasteiger partial charge < -0.3 is 20.5 Å². The molecule has 0 unspecified atom stereocenters. The number of hydrogen-bond acceptors (Lipinski definition) is 4. The van der Waals surface area contributed by atoms with Gasteiger partial charge in [0.1, 0.15) is 13.2 Å². The molecule has 0 spiro atoms. The number of benzene rings is 4. The molecular formula is C28H22N2O5. The number of carboxylic acids is 1. The predicted molar refractivity (Wildman–Crippen MR) is 133 cm³/mol. The molecule has 0 saturated heterocycles. The highest BCUT2D eigenvalue weighted by Gasteiger charge is 2.29. The molecule has 0 atom stereocenters. The summed E-state index contributed by atoms with van der Waals surface area (Å²) in [5.41, 5.74) is 4.60. The van der Waals surface area contributed by atoms with E-state index in [4.69, 9.17) is 4.74 Å². The van der Waals surface area contributed by atoms with Crippen LogP contribution in [0.5, 0.6) is 0 Å². The second-order valence-corrected chi connectivity index (χ2v) is 8.24. The maximum absolute atomic E-state index is 12.4. The summed E-state index contributed by atoms with van der Waals surface area (Å²) in [5.74, 6) is -1.80. The van der Waals surface area contributed by atoms with Crippen molar-refractivity contribution >= 4 is 34.4 Å². The van der Waals surface area contributed by atoms with E-state index in [1.807, 2.05) is 42.5 Å². The third-order valence-electron chi connectivity index (χ3n) is 6.15. The first kappa shape index (κ1) is 22.2. The average Bonchev–Trinajstić information content (AvgIpc) is 3.19. The number of fused-ring (bicyclic) bond motifs is 4. The van der Waals surface area contributed by atoms with E-state index in [9.17, 15) is 19.5 Å². The van der Waals surface area contributed by atoms with Crippen LogP contribution < -0.4 is 10.6 Å². The number of nitrogens with one attached hydrogen (secondary N) is 2. The van der Waals surface area contributed by atoms with Gasteiger partial charge in [-0.25, -0.2) is 9.59 Å². The van der Waals surface area contributed by atoms with Gasteiger partial charge in [0.15, 0.2) is 0 Å². The van der Waals surface area contributed by atoms with Gasteiger partial charge in [-0.15, -0.1) is 0 Å². The molecule has 7 heteroatoms. The fourth-order valence-electron chi connectivity index (χ4n) is 4.60. The van der Waals surface area contributed by atoms with E-state index >= 15 is 0 Å². The molecule has 174 valence electrons. The van der Waals surface area contributed by atoms with Crippen LogP contribution in [-0.2, 0) is 9.53 Å². The van der Waals surface area contributed by atoms with Crippen molar-refractivity contribution in [2.45, 2.75) is 5.92 Å². The summed E-state index contributed by atoms with van der Waals surface area (Å²) in [6.07, 6.45) is -0.723. The second kappa shape index (κ2) is 9.30. The molecular weight excluding hydrogens is 444 g/mol. The first-order valence-corrected chi connectivity index (χ1v) is 11.2. The normalized spacial score (nSPS) is 12.0. The molecule has 5 rings (SSSR count). The SMILES string of the molecule is O=C(CNC(=O)OCC1c2ccccc2-c2ccccc21)Nc1ccc2ccccc2c1C(=O)O. The highest BCUT2D eigenvalue weighted by molar-refractivity contribution is 6.11. The summed E-state index contributed by atoms with van der Waals surface area (Å²) in [6, 6.07) is 26.3. The van der Waals surface area contributed by atoms with Crippen LogP contribution in [-0.4, -0.2) is 36.2 Å². The Labute approximate surface area is 201 Å². The Hall–Kier alpha value is -4.65. The Kier molecular flexibility index (Phi) is 5.89. The lowest BCUT2D eigenvalue weighted by atomic mass is 9.98. The number of amides is 2. The van der Waals surface area contributed by atoms with Crippen LogP contribution in [0, 0.1) is 0 Å². The Morgan fingerprint density at radius 2 is 1.43 bits per heavy atom. The molecule has 4 aromatic rings. The van der Waals surface area contributed by atoms with Crippen molar-refractivity contribution in [3.8, 4) is 11.1 Å². The van der Waals surface area contributed by atoms with Crippen molar-refractivity contribution in [1.82, 2.24) is 5.32 Å². The molecule has 0 radical (unpaired) electrons. The fraction of sp³-hybridized carbons (Fsp3) is 0.107. The van der Waals surface area contributed by atoms with Crippen molar-refractivity contribution in [2.75, 3.05) is 18.5 Å². The minimum atomic E-state index is -1.15. The average molecular weight is 466 g/mol. The number of aromatic carboxylic acids is 1. The summed E-state index contributed by atoms with van der Waals surface area (Å²) >= 11 is 0. The van der Waals surface area contributed by atoms with Crippen molar-refractivity contribution in [3.63, 3.8) is 0 Å². The number of alkyl carbamates (subject to hydrolysis) is 1. The zero-order valence-electron chi connectivity index (χ0n) is 18.7. The molecule has 0 heterocycles. The summed E-state index contributed by atoms with van der Waals surface area (Å²) in [7, 11) is 0. The van der Waals surface area contributed by atoms with E-state index in [1.54, 1.807) is 24.3 Å². The lowest BCUT2D eigenvalue weighted by molar-refractivity contribution is -0.115. The Balaban J connectivity index is 1.21. The van der Waals surface area contributed by atoms with Crippen LogP contribution in [0.2, 0.25) is 0 Å². The highest BCUT2D eigenvalue weighted by atomic mass is 16.5. The third-order valence-corrected chi connectivity index (χ3v) is 6.15. The van der Waals surface area contributed by atoms with Crippen LogP contribution in [0.3, 0.4) is 0 Å². The summed E-state index contributed by atoms with van der Waals surface area (Å²) in [6.45, 7) is -0.224. The van der Waals surface area contributed by atoms with Crippen molar-refractivity contribution in [1.29, 1.82) is 0 Å². The second-order valence-electron chi connectivity index (χ2n) is 8.24. The van der Waals surface area contributed by atoms with E-state index in [1.165, 1.54) is 6.07 Å². The molecule has 1 aliphatic rings. The zero-order valence-corrected chi connectivity index (χ0v) is 18.7. The Morgan fingerprint density at radius 3 is 2.11 bits per heavy atom. The monoisotopic (exact) mass is 466 g/mol. The zero-order chi connectivity index (χ0) is 24.4. The molecule has 0 saturated carbocycles. The summed E-state index contributed by atoms with van der Waals surface area (Å²) < 4.78 is 5.44. The van der Waals surface area contributed by atoms with Crippen LogP contribution >= 0.6 is 0 Å².